The van der Waals surface area contributed by atoms with Gasteiger partial charge in [0.05, 0.1) is 0 Å². The van der Waals surface area contributed by atoms with Crippen molar-refractivity contribution in [3.8, 4) is 11.5 Å². The molecule has 0 radical (unpaired) electrons. The number of aromatic nitrogens is 2. The largest absolute Gasteiger partial charge is 0.423 e. The zero-order chi connectivity index (χ0) is 13.0. The second kappa shape index (κ2) is 5.42. The molecule has 0 fully saturated rings. The van der Waals surface area contributed by atoms with Crippen LogP contribution in [-0.2, 0) is 4.79 Å². The van der Waals surface area contributed by atoms with Crippen LogP contribution in [0.3, 0.4) is 0 Å². The summed E-state index contributed by atoms with van der Waals surface area (Å²) in [7, 11) is 0. The van der Waals surface area contributed by atoms with Crippen LogP contribution in [-0.4, -0.2) is 22.6 Å². The summed E-state index contributed by atoms with van der Waals surface area (Å²) in [5, 5.41) is 10.2. The number of nitrogens with one attached hydrogen (secondary N) is 1. The predicted octanol–water partition coefficient (Wildman–Crippen LogP) is 1.27. The van der Waals surface area contributed by atoms with Gasteiger partial charge in [-0.3, -0.25) is 4.79 Å². The van der Waals surface area contributed by atoms with E-state index in [1.807, 2.05) is 0 Å². The van der Waals surface area contributed by atoms with Crippen LogP contribution in [0, 0.1) is 5.92 Å². The van der Waals surface area contributed by atoms with E-state index in [9.17, 15) is 4.79 Å². The number of carbonyl (C=O) groups is 1. The molecule has 0 aliphatic carbocycles. The molecular weight excluding hydrogens is 232 g/mol. The average Bonchev–Trinajstić information content (AvgIpc) is 2.92. The van der Waals surface area contributed by atoms with Gasteiger partial charge in [-0.05, 0) is 24.3 Å². The van der Waals surface area contributed by atoms with E-state index in [1.54, 1.807) is 31.2 Å². The van der Waals surface area contributed by atoms with Gasteiger partial charge in [0.15, 0.2) is 0 Å². The van der Waals surface area contributed by atoms with E-state index in [-0.39, 0.29) is 11.8 Å². The maximum Gasteiger partial charge on any atom is 0.247 e. The fraction of sp³-hybridized carbons (Fsp3) is 0.250. The number of carbonyl (C=O) groups excluding carboxylic acids is 1. The van der Waals surface area contributed by atoms with Gasteiger partial charge in [-0.25, -0.2) is 0 Å². The first-order valence-electron chi connectivity index (χ1n) is 5.58. The standard InChI is InChI=1S/C12H14N4O2/c1-8(6-13)11(17)15-10-4-2-9(3-5-10)12-16-14-7-18-12/h2-5,7-8H,6,13H2,1H3,(H,15,17). The molecule has 6 nitrogen and oxygen atoms in total. The number of hydrogen-bond acceptors (Lipinski definition) is 5. The summed E-state index contributed by atoms with van der Waals surface area (Å²) >= 11 is 0. The van der Waals surface area contributed by atoms with Gasteiger partial charge in [-0.15, -0.1) is 10.2 Å². The Hall–Kier alpha value is -2.21. The Kier molecular flexibility index (Phi) is 3.69. The van der Waals surface area contributed by atoms with Crippen LogP contribution in [0.1, 0.15) is 6.92 Å². The van der Waals surface area contributed by atoms with Gasteiger partial charge in [0, 0.05) is 23.7 Å². The van der Waals surface area contributed by atoms with Crippen LogP contribution < -0.4 is 11.1 Å². The Morgan fingerprint density at radius 3 is 2.72 bits per heavy atom. The van der Waals surface area contributed by atoms with Crippen LogP contribution in [0.4, 0.5) is 5.69 Å². The highest BCUT2D eigenvalue weighted by Gasteiger charge is 2.11. The normalized spacial score (nSPS) is 12.1. The van der Waals surface area contributed by atoms with Gasteiger partial charge in [0.1, 0.15) is 0 Å². The summed E-state index contributed by atoms with van der Waals surface area (Å²) in [5.41, 5.74) is 6.94. The molecule has 1 amide bonds. The van der Waals surface area contributed by atoms with Crippen molar-refractivity contribution < 1.29 is 9.21 Å². The number of rotatable bonds is 4. The van der Waals surface area contributed by atoms with Crippen molar-refractivity contribution in [3.05, 3.63) is 30.7 Å². The first-order chi connectivity index (χ1) is 8.70. The smallest absolute Gasteiger partial charge is 0.247 e. The molecule has 0 bridgehead atoms. The second-order valence-corrected chi connectivity index (χ2v) is 3.95. The first kappa shape index (κ1) is 12.3. The van der Waals surface area contributed by atoms with Crippen LogP contribution in [0.5, 0.6) is 0 Å². The van der Waals surface area contributed by atoms with E-state index < -0.39 is 0 Å². The van der Waals surface area contributed by atoms with Gasteiger partial charge < -0.3 is 15.5 Å². The van der Waals surface area contributed by atoms with Crippen molar-refractivity contribution in [2.24, 2.45) is 11.7 Å². The molecule has 1 aromatic heterocycles. The van der Waals surface area contributed by atoms with Gasteiger partial charge in [0.2, 0.25) is 18.2 Å². The highest BCUT2D eigenvalue weighted by atomic mass is 16.4. The topological polar surface area (TPSA) is 94.0 Å². The van der Waals surface area contributed by atoms with Gasteiger partial charge in [-0.1, -0.05) is 6.92 Å². The molecule has 2 aromatic rings. The van der Waals surface area contributed by atoms with E-state index in [4.69, 9.17) is 10.2 Å². The highest BCUT2D eigenvalue weighted by molar-refractivity contribution is 5.92. The number of amides is 1. The van der Waals surface area contributed by atoms with Crippen molar-refractivity contribution in [3.63, 3.8) is 0 Å². The quantitative estimate of drug-likeness (QED) is 0.847. The molecule has 1 heterocycles. The molecule has 2 rings (SSSR count). The molecule has 3 N–H and O–H groups in total. The minimum atomic E-state index is -0.208. The lowest BCUT2D eigenvalue weighted by molar-refractivity contribution is -0.119. The third kappa shape index (κ3) is 2.72. The number of benzene rings is 1. The van der Waals surface area contributed by atoms with Gasteiger partial charge in [-0.2, -0.15) is 0 Å². The number of anilines is 1. The summed E-state index contributed by atoms with van der Waals surface area (Å²) in [6.07, 6.45) is 1.27. The molecule has 0 saturated heterocycles. The highest BCUT2D eigenvalue weighted by Crippen LogP contribution is 2.19. The third-order valence-corrected chi connectivity index (χ3v) is 2.56. The molecule has 0 aliphatic rings. The van der Waals surface area contributed by atoms with E-state index in [1.165, 1.54) is 6.39 Å². The van der Waals surface area contributed by atoms with Crippen molar-refractivity contribution >= 4 is 11.6 Å². The summed E-state index contributed by atoms with van der Waals surface area (Å²) in [5.74, 6) is 0.145. The molecule has 0 aliphatic heterocycles. The second-order valence-electron chi connectivity index (χ2n) is 3.95. The van der Waals surface area contributed by atoms with E-state index in [0.717, 1.165) is 5.56 Å². The molecule has 0 spiro atoms. The lowest BCUT2D eigenvalue weighted by Gasteiger charge is -2.09. The Morgan fingerprint density at radius 2 is 2.17 bits per heavy atom. The van der Waals surface area contributed by atoms with Crippen LogP contribution in [0.25, 0.3) is 11.5 Å². The minimum absolute atomic E-state index is 0.0944. The van der Waals surface area contributed by atoms with Crippen molar-refractivity contribution in [2.75, 3.05) is 11.9 Å². The summed E-state index contributed by atoms with van der Waals surface area (Å²) in [6, 6.07) is 7.16. The predicted molar refractivity (Wildman–Crippen MR) is 66.6 cm³/mol. The fourth-order valence-electron chi connectivity index (χ4n) is 1.37. The third-order valence-electron chi connectivity index (χ3n) is 2.56. The Morgan fingerprint density at radius 1 is 1.44 bits per heavy atom. The van der Waals surface area contributed by atoms with Crippen molar-refractivity contribution in [2.45, 2.75) is 6.92 Å². The first-order valence-corrected chi connectivity index (χ1v) is 5.58. The molecule has 18 heavy (non-hydrogen) atoms. The molecule has 94 valence electrons. The maximum absolute atomic E-state index is 11.6. The van der Waals surface area contributed by atoms with Crippen LogP contribution in [0.2, 0.25) is 0 Å². The number of nitrogens with zero attached hydrogens (tertiary/aromatic N) is 2. The monoisotopic (exact) mass is 246 g/mol. The number of nitrogens with two attached hydrogens (primary N) is 1. The molecule has 0 saturated carbocycles. The van der Waals surface area contributed by atoms with Crippen molar-refractivity contribution in [1.29, 1.82) is 0 Å². The summed E-state index contributed by atoms with van der Waals surface area (Å²) in [4.78, 5) is 11.6. The molecule has 1 atom stereocenters. The van der Waals surface area contributed by atoms with E-state index in [0.29, 0.717) is 18.1 Å². The SMILES string of the molecule is CC(CN)C(=O)Nc1ccc(-c2nnco2)cc1. The van der Waals surface area contributed by atoms with Gasteiger partial charge >= 0.3 is 0 Å². The van der Waals surface area contributed by atoms with Gasteiger partial charge in [0.25, 0.3) is 0 Å². The van der Waals surface area contributed by atoms with E-state index >= 15 is 0 Å². The van der Waals surface area contributed by atoms with Crippen LogP contribution >= 0.6 is 0 Å². The molecule has 1 aromatic carbocycles. The Bertz CT molecular complexity index is 507. The zero-order valence-electron chi connectivity index (χ0n) is 9.96. The summed E-state index contributed by atoms with van der Waals surface area (Å²) in [6.45, 7) is 2.11. The number of hydrogen-bond donors (Lipinski definition) is 2. The van der Waals surface area contributed by atoms with Crippen LogP contribution in [0.15, 0.2) is 35.1 Å². The maximum atomic E-state index is 11.6. The average molecular weight is 246 g/mol. The Labute approximate surface area is 104 Å². The summed E-state index contributed by atoms with van der Waals surface area (Å²) < 4.78 is 5.07. The van der Waals surface area contributed by atoms with Crippen molar-refractivity contribution in [1.82, 2.24) is 10.2 Å². The molecule has 6 heteroatoms. The minimum Gasteiger partial charge on any atom is -0.423 e. The lowest BCUT2D eigenvalue weighted by Crippen LogP contribution is -2.26. The Balaban J connectivity index is 2.06. The lowest BCUT2D eigenvalue weighted by atomic mass is 10.1. The molecular formula is C12H14N4O2. The molecule has 1 unspecified atom stereocenters. The fourth-order valence-corrected chi connectivity index (χ4v) is 1.37. The zero-order valence-corrected chi connectivity index (χ0v) is 9.96. The van der Waals surface area contributed by atoms with E-state index in [2.05, 4.69) is 15.5 Å².